The first kappa shape index (κ1) is 11.4. The molecule has 0 heterocycles. The number of hydrogen-bond acceptors (Lipinski definition) is 3. The molecule has 1 aromatic carbocycles. The van der Waals surface area contributed by atoms with Crippen molar-refractivity contribution in [1.82, 2.24) is 0 Å². The molecule has 0 aliphatic rings. The molecule has 0 aromatic heterocycles. The molecule has 0 aliphatic carbocycles. The lowest BCUT2D eigenvalue weighted by molar-refractivity contribution is 0.370. The summed E-state index contributed by atoms with van der Waals surface area (Å²) in [5.74, 6) is 2.23. The Bertz CT molecular complexity index is 320. The van der Waals surface area contributed by atoms with Crippen LogP contribution in [0.3, 0.4) is 0 Å². The molecule has 0 unspecified atom stereocenters. The number of methoxy groups -OCH3 is 3. The maximum absolute atomic E-state index is 5.28. The van der Waals surface area contributed by atoms with E-state index in [-0.39, 0.29) is 0 Å². The summed E-state index contributed by atoms with van der Waals surface area (Å²) >= 11 is 0. The first-order chi connectivity index (χ1) is 7.26. The van der Waals surface area contributed by atoms with Gasteiger partial charge >= 0.3 is 0 Å². The maximum atomic E-state index is 5.28. The molecule has 82 valence electrons. The van der Waals surface area contributed by atoms with Gasteiger partial charge in [0.1, 0.15) is 17.2 Å². The van der Waals surface area contributed by atoms with Gasteiger partial charge in [-0.3, -0.25) is 0 Å². The highest BCUT2D eigenvalue weighted by molar-refractivity contribution is 5.51. The van der Waals surface area contributed by atoms with Crippen LogP contribution in [0.5, 0.6) is 17.2 Å². The Morgan fingerprint density at radius 2 is 1.60 bits per heavy atom. The zero-order chi connectivity index (χ0) is 11.3. The van der Waals surface area contributed by atoms with Crippen molar-refractivity contribution in [3.8, 4) is 17.2 Å². The predicted molar refractivity (Wildman–Crippen MR) is 60.0 cm³/mol. The second kappa shape index (κ2) is 5.29. The summed E-state index contributed by atoms with van der Waals surface area (Å²) in [5, 5.41) is 0. The minimum Gasteiger partial charge on any atom is -0.496 e. The quantitative estimate of drug-likeness (QED) is 0.695. The lowest BCUT2D eigenvalue weighted by atomic mass is 10.1. The molecular formula is C12H16O3. The largest absolute Gasteiger partial charge is 0.496 e. The number of allylic oxidation sites excluding steroid dienone is 1. The molecule has 15 heavy (non-hydrogen) atoms. The smallest absolute Gasteiger partial charge is 0.129 e. The molecule has 0 bridgehead atoms. The van der Waals surface area contributed by atoms with Crippen LogP contribution in [0.1, 0.15) is 5.56 Å². The predicted octanol–water partition coefficient (Wildman–Crippen LogP) is 2.44. The van der Waals surface area contributed by atoms with E-state index in [1.54, 1.807) is 21.3 Å². The Balaban J connectivity index is 3.25. The second-order valence-electron chi connectivity index (χ2n) is 3.00. The molecule has 1 rings (SSSR count). The fraction of sp³-hybridized carbons (Fsp3) is 0.333. The normalized spacial score (nSPS) is 9.53. The lowest BCUT2D eigenvalue weighted by Gasteiger charge is -2.13. The van der Waals surface area contributed by atoms with Gasteiger partial charge < -0.3 is 14.2 Å². The maximum Gasteiger partial charge on any atom is 0.129 e. The van der Waals surface area contributed by atoms with Gasteiger partial charge in [-0.25, -0.2) is 0 Å². The van der Waals surface area contributed by atoms with Crippen LogP contribution in [0.4, 0.5) is 0 Å². The van der Waals surface area contributed by atoms with Crippen molar-refractivity contribution >= 4 is 0 Å². The fourth-order valence-corrected chi connectivity index (χ4v) is 1.42. The van der Waals surface area contributed by atoms with E-state index in [1.165, 1.54) is 0 Å². The minimum absolute atomic E-state index is 0.705. The molecule has 0 spiro atoms. The van der Waals surface area contributed by atoms with Crippen LogP contribution in [0, 0.1) is 0 Å². The van der Waals surface area contributed by atoms with Gasteiger partial charge in [-0.1, -0.05) is 6.08 Å². The van der Waals surface area contributed by atoms with Crippen LogP contribution >= 0.6 is 0 Å². The van der Waals surface area contributed by atoms with Crippen LogP contribution in [0.25, 0.3) is 0 Å². The first-order valence-corrected chi connectivity index (χ1v) is 4.66. The summed E-state index contributed by atoms with van der Waals surface area (Å²) in [4.78, 5) is 0. The number of hydrogen-bond donors (Lipinski definition) is 0. The molecule has 0 radical (unpaired) electrons. The monoisotopic (exact) mass is 208 g/mol. The van der Waals surface area contributed by atoms with Crippen molar-refractivity contribution in [3.63, 3.8) is 0 Å². The summed E-state index contributed by atoms with van der Waals surface area (Å²) in [6.07, 6.45) is 2.52. The van der Waals surface area contributed by atoms with Gasteiger partial charge in [-0.2, -0.15) is 0 Å². The highest BCUT2D eigenvalue weighted by Crippen LogP contribution is 2.34. The topological polar surface area (TPSA) is 27.7 Å². The molecule has 0 saturated carbocycles. The van der Waals surface area contributed by atoms with Gasteiger partial charge in [0.05, 0.1) is 21.3 Å². The summed E-state index contributed by atoms with van der Waals surface area (Å²) < 4.78 is 15.7. The third kappa shape index (κ3) is 2.43. The molecule has 0 fully saturated rings. The van der Waals surface area contributed by atoms with Crippen LogP contribution < -0.4 is 14.2 Å². The standard InChI is InChI=1S/C12H16O3/c1-5-6-10-11(14-3)7-9(13-2)8-12(10)15-4/h5,7-8H,1,6H2,2-4H3. The molecule has 0 N–H and O–H groups in total. The summed E-state index contributed by atoms with van der Waals surface area (Å²) in [7, 11) is 4.86. The molecule has 0 amide bonds. The molecule has 3 heteroatoms. The highest BCUT2D eigenvalue weighted by Gasteiger charge is 2.11. The molecule has 0 saturated heterocycles. The zero-order valence-electron chi connectivity index (χ0n) is 9.37. The van der Waals surface area contributed by atoms with Gasteiger partial charge in [-0.05, 0) is 6.42 Å². The van der Waals surface area contributed by atoms with Crippen molar-refractivity contribution in [1.29, 1.82) is 0 Å². The van der Waals surface area contributed by atoms with E-state index in [9.17, 15) is 0 Å². The van der Waals surface area contributed by atoms with E-state index in [1.807, 2.05) is 18.2 Å². The Morgan fingerprint density at radius 1 is 1.07 bits per heavy atom. The molecule has 0 atom stereocenters. The van der Waals surface area contributed by atoms with Crippen molar-refractivity contribution < 1.29 is 14.2 Å². The van der Waals surface area contributed by atoms with E-state index in [4.69, 9.17) is 14.2 Å². The lowest BCUT2D eigenvalue weighted by Crippen LogP contribution is -1.97. The Morgan fingerprint density at radius 3 is 1.93 bits per heavy atom. The van der Waals surface area contributed by atoms with Gasteiger partial charge in [0.15, 0.2) is 0 Å². The third-order valence-electron chi connectivity index (χ3n) is 2.17. The van der Waals surface area contributed by atoms with E-state index in [0.717, 1.165) is 22.8 Å². The second-order valence-corrected chi connectivity index (χ2v) is 3.00. The van der Waals surface area contributed by atoms with Gasteiger partial charge in [-0.15, -0.1) is 6.58 Å². The fourth-order valence-electron chi connectivity index (χ4n) is 1.42. The van der Waals surface area contributed by atoms with Crippen LogP contribution in [0.2, 0.25) is 0 Å². The van der Waals surface area contributed by atoms with E-state index < -0.39 is 0 Å². The van der Waals surface area contributed by atoms with Crippen LogP contribution in [-0.2, 0) is 6.42 Å². The summed E-state index contributed by atoms with van der Waals surface area (Å²) in [6.45, 7) is 3.71. The third-order valence-corrected chi connectivity index (χ3v) is 2.17. The van der Waals surface area contributed by atoms with Crippen molar-refractivity contribution in [2.75, 3.05) is 21.3 Å². The number of ether oxygens (including phenoxy) is 3. The Hall–Kier alpha value is -1.64. The van der Waals surface area contributed by atoms with E-state index >= 15 is 0 Å². The van der Waals surface area contributed by atoms with Crippen molar-refractivity contribution in [2.24, 2.45) is 0 Å². The number of rotatable bonds is 5. The molecule has 1 aromatic rings. The molecular weight excluding hydrogens is 192 g/mol. The average Bonchev–Trinajstić information content (AvgIpc) is 2.29. The molecule has 3 nitrogen and oxygen atoms in total. The highest BCUT2D eigenvalue weighted by atomic mass is 16.5. The van der Waals surface area contributed by atoms with E-state index in [2.05, 4.69) is 6.58 Å². The van der Waals surface area contributed by atoms with Crippen molar-refractivity contribution in [3.05, 3.63) is 30.4 Å². The first-order valence-electron chi connectivity index (χ1n) is 4.66. The van der Waals surface area contributed by atoms with E-state index in [0.29, 0.717) is 6.42 Å². The average molecular weight is 208 g/mol. The van der Waals surface area contributed by atoms with Gasteiger partial charge in [0, 0.05) is 17.7 Å². The zero-order valence-corrected chi connectivity index (χ0v) is 9.37. The Kier molecular flexibility index (Phi) is 4.03. The summed E-state index contributed by atoms with van der Waals surface area (Å²) in [5.41, 5.74) is 0.982. The molecule has 0 aliphatic heterocycles. The SMILES string of the molecule is C=CCc1c(OC)cc(OC)cc1OC. The van der Waals surface area contributed by atoms with Crippen LogP contribution in [-0.4, -0.2) is 21.3 Å². The van der Waals surface area contributed by atoms with Crippen molar-refractivity contribution in [2.45, 2.75) is 6.42 Å². The Labute approximate surface area is 90.3 Å². The van der Waals surface area contributed by atoms with Gasteiger partial charge in [0.2, 0.25) is 0 Å². The minimum atomic E-state index is 0.705. The van der Waals surface area contributed by atoms with Crippen LogP contribution in [0.15, 0.2) is 24.8 Å². The van der Waals surface area contributed by atoms with Gasteiger partial charge in [0.25, 0.3) is 0 Å². The number of benzene rings is 1. The summed E-state index contributed by atoms with van der Waals surface area (Å²) in [6, 6.07) is 3.67.